The third kappa shape index (κ3) is 3.02. The molecule has 3 aromatic heterocycles. The summed E-state index contributed by atoms with van der Waals surface area (Å²) in [7, 11) is 0. The molecule has 0 saturated carbocycles. The Morgan fingerprint density at radius 1 is 1.00 bits per heavy atom. The van der Waals surface area contributed by atoms with Gasteiger partial charge in [-0.2, -0.15) is 0 Å². The summed E-state index contributed by atoms with van der Waals surface area (Å²) in [6, 6.07) is 21.5. The Hall–Kier alpha value is -3.31. The zero-order valence-electron chi connectivity index (χ0n) is 14.3. The first kappa shape index (κ1) is 15.9. The Kier molecular flexibility index (Phi) is 3.80. The van der Waals surface area contributed by atoms with Crippen LogP contribution in [0.25, 0.3) is 28.1 Å². The van der Waals surface area contributed by atoms with Gasteiger partial charge < -0.3 is 9.73 Å². The second kappa shape index (κ2) is 6.45. The van der Waals surface area contributed by atoms with Crippen LogP contribution in [0.5, 0.6) is 0 Å². The van der Waals surface area contributed by atoms with E-state index < -0.39 is 0 Å². The summed E-state index contributed by atoms with van der Waals surface area (Å²) in [5, 5.41) is 9.77. The Bertz CT molecular complexity index is 1220. The summed E-state index contributed by atoms with van der Waals surface area (Å²) in [4.78, 5) is 4.43. The SMILES string of the molecule is Clc1cccc(CNc2ccc3ncc(-c4cc5ccccc5o4)n3n2)c1. The zero-order valence-corrected chi connectivity index (χ0v) is 15.0. The van der Waals surface area contributed by atoms with Gasteiger partial charge in [-0.3, -0.25) is 0 Å². The van der Waals surface area contributed by atoms with E-state index in [1.54, 1.807) is 10.7 Å². The predicted molar refractivity (Wildman–Crippen MR) is 107 cm³/mol. The summed E-state index contributed by atoms with van der Waals surface area (Å²) in [6.45, 7) is 0.633. The fraction of sp³-hybridized carbons (Fsp3) is 0.0476. The van der Waals surface area contributed by atoms with Gasteiger partial charge in [-0.15, -0.1) is 5.10 Å². The Balaban J connectivity index is 1.48. The standard InChI is InChI=1S/C21H15ClN4O/c22-16-6-3-4-14(10-16)12-23-20-8-9-21-24-13-17(26(21)25-20)19-11-15-5-1-2-7-18(15)27-19/h1-11,13H,12H2,(H,23,25). The number of furan rings is 1. The summed E-state index contributed by atoms with van der Waals surface area (Å²) < 4.78 is 7.76. The Labute approximate surface area is 160 Å². The zero-order chi connectivity index (χ0) is 18.2. The van der Waals surface area contributed by atoms with Gasteiger partial charge in [0.15, 0.2) is 11.4 Å². The molecule has 0 unspecified atom stereocenters. The van der Waals surface area contributed by atoms with Crippen molar-refractivity contribution < 1.29 is 4.42 Å². The molecular formula is C21H15ClN4O. The van der Waals surface area contributed by atoms with Crippen molar-refractivity contribution in [2.45, 2.75) is 6.54 Å². The Morgan fingerprint density at radius 3 is 2.81 bits per heavy atom. The van der Waals surface area contributed by atoms with Crippen LogP contribution >= 0.6 is 11.6 Å². The fourth-order valence-corrected chi connectivity index (χ4v) is 3.30. The number of para-hydroxylation sites is 1. The number of benzene rings is 2. The molecule has 3 heterocycles. The monoisotopic (exact) mass is 374 g/mol. The summed E-state index contributed by atoms with van der Waals surface area (Å²) in [6.07, 6.45) is 1.78. The number of nitrogens with zero attached hydrogens (tertiary/aromatic N) is 3. The van der Waals surface area contributed by atoms with Crippen molar-refractivity contribution in [3.05, 3.63) is 83.5 Å². The minimum absolute atomic E-state index is 0.633. The molecule has 0 atom stereocenters. The lowest BCUT2D eigenvalue weighted by molar-refractivity contribution is 0.625. The molecule has 0 bridgehead atoms. The van der Waals surface area contributed by atoms with E-state index in [1.807, 2.05) is 66.7 Å². The van der Waals surface area contributed by atoms with Crippen LogP contribution in [-0.2, 0) is 6.54 Å². The van der Waals surface area contributed by atoms with Crippen LogP contribution in [0, 0.1) is 0 Å². The third-order valence-corrected chi connectivity index (χ3v) is 4.64. The highest BCUT2D eigenvalue weighted by Gasteiger charge is 2.12. The van der Waals surface area contributed by atoms with Crippen LogP contribution in [0.3, 0.4) is 0 Å². The lowest BCUT2D eigenvalue weighted by Crippen LogP contribution is -2.04. The number of hydrogen-bond donors (Lipinski definition) is 1. The van der Waals surface area contributed by atoms with Crippen molar-refractivity contribution in [3.63, 3.8) is 0 Å². The van der Waals surface area contributed by atoms with Crippen LogP contribution in [0.2, 0.25) is 5.02 Å². The molecule has 27 heavy (non-hydrogen) atoms. The first-order valence-corrected chi connectivity index (χ1v) is 8.96. The topological polar surface area (TPSA) is 55.4 Å². The smallest absolute Gasteiger partial charge is 0.155 e. The maximum Gasteiger partial charge on any atom is 0.155 e. The van der Waals surface area contributed by atoms with Crippen LogP contribution in [0.15, 0.2) is 77.3 Å². The number of rotatable bonds is 4. The minimum atomic E-state index is 0.633. The number of imidazole rings is 1. The van der Waals surface area contributed by atoms with Crippen LogP contribution in [0.1, 0.15) is 5.56 Å². The minimum Gasteiger partial charge on any atom is -0.454 e. The molecule has 0 amide bonds. The molecule has 0 spiro atoms. The number of halogens is 1. The van der Waals surface area contributed by atoms with E-state index >= 15 is 0 Å². The highest BCUT2D eigenvalue weighted by Crippen LogP contribution is 2.28. The van der Waals surface area contributed by atoms with Gasteiger partial charge in [0, 0.05) is 17.0 Å². The average Bonchev–Trinajstić information content (AvgIpc) is 3.29. The summed E-state index contributed by atoms with van der Waals surface area (Å²) in [5.74, 6) is 1.49. The first-order chi connectivity index (χ1) is 13.3. The lowest BCUT2D eigenvalue weighted by Gasteiger charge is -2.07. The quantitative estimate of drug-likeness (QED) is 0.457. The van der Waals surface area contributed by atoms with Crippen LogP contribution in [0.4, 0.5) is 5.82 Å². The van der Waals surface area contributed by atoms with Crippen molar-refractivity contribution in [1.29, 1.82) is 0 Å². The van der Waals surface area contributed by atoms with Gasteiger partial charge in [0.2, 0.25) is 0 Å². The number of aromatic nitrogens is 3. The predicted octanol–water partition coefficient (Wildman–Crippen LogP) is 5.41. The highest BCUT2D eigenvalue weighted by molar-refractivity contribution is 6.30. The van der Waals surface area contributed by atoms with E-state index in [2.05, 4.69) is 15.4 Å². The van der Waals surface area contributed by atoms with Gasteiger partial charge in [-0.05, 0) is 42.0 Å². The summed E-state index contributed by atoms with van der Waals surface area (Å²) >= 11 is 6.05. The highest BCUT2D eigenvalue weighted by atomic mass is 35.5. The van der Waals surface area contributed by atoms with Gasteiger partial charge in [0.05, 0.1) is 6.20 Å². The molecule has 0 aliphatic heterocycles. The molecule has 5 nitrogen and oxygen atoms in total. The van der Waals surface area contributed by atoms with E-state index in [4.69, 9.17) is 16.0 Å². The maximum absolute atomic E-state index is 6.05. The first-order valence-electron chi connectivity index (χ1n) is 8.58. The summed E-state index contributed by atoms with van der Waals surface area (Å²) in [5.41, 5.74) is 3.51. The molecule has 5 rings (SSSR count). The van der Waals surface area contributed by atoms with E-state index in [9.17, 15) is 0 Å². The fourth-order valence-electron chi connectivity index (χ4n) is 3.08. The number of anilines is 1. The molecular weight excluding hydrogens is 360 g/mol. The lowest BCUT2D eigenvalue weighted by atomic mass is 10.2. The Morgan fingerprint density at radius 2 is 1.93 bits per heavy atom. The van der Waals surface area contributed by atoms with Gasteiger partial charge in [0.25, 0.3) is 0 Å². The normalized spacial score (nSPS) is 11.3. The van der Waals surface area contributed by atoms with E-state index in [0.29, 0.717) is 6.54 Å². The molecule has 2 aromatic carbocycles. The van der Waals surface area contributed by atoms with Gasteiger partial charge in [-0.25, -0.2) is 9.50 Å². The van der Waals surface area contributed by atoms with Crippen molar-refractivity contribution >= 4 is 34.0 Å². The second-order valence-electron chi connectivity index (χ2n) is 6.26. The van der Waals surface area contributed by atoms with Crippen molar-refractivity contribution in [3.8, 4) is 11.5 Å². The molecule has 0 radical (unpaired) electrons. The van der Waals surface area contributed by atoms with Gasteiger partial charge in [-0.1, -0.05) is 41.9 Å². The van der Waals surface area contributed by atoms with Crippen molar-refractivity contribution in [2.24, 2.45) is 0 Å². The molecule has 0 fully saturated rings. The molecule has 0 saturated heterocycles. The van der Waals surface area contributed by atoms with Gasteiger partial charge >= 0.3 is 0 Å². The molecule has 5 aromatic rings. The van der Waals surface area contributed by atoms with Crippen LogP contribution < -0.4 is 5.32 Å². The van der Waals surface area contributed by atoms with E-state index in [0.717, 1.165) is 44.5 Å². The average molecular weight is 375 g/mol. The third-order valence-electron chi connectivity index (χ3n) is 4.40. The second-order valence-corrected chi connectivity index (χ2v) is 6.70. The molecule has 132 valence electrons. The molecule has 0 aliphatic carbocycles. The molecule has 0 aliphatic rings. The van der Waals surface area contributed by atoms with Crippen molar-refractivity contribution in [2.75, 3.05) is 5.32 Å². The van der Waals surface area contributed by atoms with Crippen LogP contribution in [-0.4, -0.2) is 14.6 Å². The van der Waals surface area contributed by atoms with E-state index in [1.165, 1.54) is 0 Å². The van der Waals surface area contributed by atoms with E-state index in [-0.39, 0.29) is 0 Å². The van der Waals surface area contributed by atoms with Gasteiger partial charge in [0.1, 0.15) is 17.1 Å². The van der Waals surface area contributed by atoms with Crippen molar-refractivity contribution in [1.82, 2.24) is 14.6 Å². The number of hydrogen-bond acceptors (Lipinski definition) is 4. The molecule has 6 heteroatoms. The maximum atomic E-state index is 6.05. The largest absolute Gasteiger partial charge is 0.454 e. The number of nitrogens with one attached hydrogen (secondary N) is 1. The molecule has 1 N–H and O–H groups in total. The number of fused-ring (bicyclic) bond motifs is 2.